The Bertz CT molecular complexity index is 286. The summed E-state index contributed by atoms with van der Waals surface area (Å²) in [5, 5.41) is 8.18. The number of aromatic nitrogens is 3. The quantitative estimate of drug-likeness (QED) is 0.751. The van der Waals surface area contributed by atoms with Crippen LogP contribution in [0.2, 0.25) is 0 Å². The zero-order valence-corrected chi connectivity index (χ0v) is 8.03. The van der Waals surface area contributed by atoms with Gasteiger partial charge in [-0.05, 0) is 19.3 Å². The van der Waals surface area contributed by atoms with Gasteiger partial charge in [0.05, 0.1) is 6.04 Å². The molecule has 1 aromatic rings. The highest BCUT2D eigenvalue weighted by Crippen LogP contribution is 2.30. The summed E-state index contributed by atoms with van der Waals surface area (Å²) in [4.78, 5) is 0. The summed E-state index contributed by atoms with van der Waals surface area (Å²) in [6, 6.07) is 0.507. The van der Waals surface area contributed by atoms with Crippen LogP contribution in [0.5, 0.6) is 0 Å². The Kier molecular flexibility index (Phi) is 2.20. The summed E-state index contributed by atoms with van der Waals surface area (Å²) in [5.41, 5.74) is 6.87. The predicted octanol–water partition coefficient (Wildman–Crippen LogP) is 1.54. The maximum atomic E-state index is 5.93. The number of nitrogens with two attached hydrogens (primary N) is 1. The van der Waals surface area contributed by atoms with Gasteiger partial charge in [-0.1, -0.05) is 25.0 Å². The lowest BCUT2D eigenvalue weighted by Gasteiger charge is -2.09. The zero-order chi connectivity index (χ0) is 9.26. The zero-order valence-electron chi connectivity index (χ0n) is 8.03. The lowest BCUT2D eigenvalue weighted by atomic mass is 10.2. The SMILES string of the molecule is CCc1nnn(C2CCCC2)c1N. The molecule has 1 heterocycles. The topological polar surface area (TPSA) is 56.7 Å². The van der Waals surface area contributed by atoms with Gasteiger partial charge in [-0.3, -0.25) is 0 Å². The van der Waals surface area contributed by atoms with E-state index in [1.165, 1.54) is 25.7 Å². The van der Waals surface area contributed by atoms with Crippen molar-refractivity contribution in [3.63, 3.8) is 0 Å². The molecule has 13 heavy (non-hydrogen) atoms. The van der Waals surface area contributed by atoms with E-state index in [4.69, 9.17) is 5.73 Å². The fourth-order valence-corrected chi connectivity index (χ4v) is 2.00. The van der Waals surface area contributed by atoms with Crippen LogP contribution in [0.3, 0.4) is 0 Å². The summed E-state index contributed by atoms with van der Waals surface area (Å²) in [6.45, 7) is 2.05. The van der Waals surface area contributed by atoms with Crippen molar-refractivity contribution in [2.24, 2.45) is 0 Å². The first kappa shape index (κ1) is 8.53. The molecule has 0 aliphatic heterocycles. The van der Waals surface area contributed by atoms with E-state index in [0.717, 1.165) is 17.9 Å². The van der Waals surface area contributed by atoms with Crippen molar-refractivity contribution < 1.29 is 0 Å². The van der Waals surface area contributed by atoms with Crippen LogP contribution in [0.25, 0.3) is 0 Å². The molecule has 1 aliphatic carbocycles. The van der Waals surface area contributed by atoms with Crippen LogP contribution >= 0.6 is 0 Å². The van der Waals surface area contributed by atoms with E-state index in [-0.39, 0.29) is 0 Å². The second kappa shape index (κ2) is 3.36. The van der Waals surface area contributed by atoms with Gasteiger partial charge in [-0.25, -0.2) is 4.68 Å². The number of rotatable bonds is 2. The van der Waals surface area contributed by atoms with Gasteiger partial charge >= 0.3 is 0 Å². The average Bonchev–Trinajstić information content (AvgIpc) is 2.72. The van der Waals surface area contributed by atoms with Gasteiger partial charge in [0.1, 0.15) is 11.5 Å². The van der Waals surface area contributed by atoms with Gasteiger partial charge in [0.15, 0.2) is 0 Å². The smallest absolute Gasteiger partial charge is 0.145 e. The molecule has 1 aromatic heterocycles. The Balaban J connectivity index is 2.24. The Morgan fingerprint density at radius 3 is 2.69 bits per heavy atom. The third-order valence-corrected chi connectivity index (χ3v) is 2.81. The van der Waals surface area contributed by atoms with Crippen LogP contribution in [0.15, 0.2) is 0 Å². The number of aryl methyl sites for hydroxylation is 1. The van der Waals surface area contributed by atoms with Gasteiger partial charge in [0.25, 0.3) is 0 Å². The summed E-state index contributed by atoms with van der Waals surface area (Å²) in [5.74, 6) is 0.773. The largest absolute Gasteiger partial charge is 0.382 e. The minimum Gasteiger partial charge on any atom is -0.382 e. The van der Waals surface area contributed by atoms with E-state index in [0.29, 0.717) is 6.04 Å². The number of nitrogens with zero attached hydrogens (tertiary/aromatic N) is 3. The monoisotopic (exact) mass is 180 g/mol. The minimum absolute atomic E-state index is 0.507. The molecular formula is C9H16N4. The molecule has 72 valence electrons. The van der Waals surface area contributed by atoms with Gasteiger partial charge in [-0.2, -0.15) is 0 Å². The first-order chi connectivity index (χ1) is 6.33. The highest BCUT2D eigenvalue weighted by atomic mass is 15.5. The van der Waals surface area contributed by atoms with Crippen LogP contribution in [-0.4, -0.2) is 15.0 Å². The van der Waals surface area contributed by atoms with Gasteiger partial charge in [0, 0.05) is 0 Å². The molecule has 2 rings (SSSR count). The summed E-state index contributed by atoms with van der Waals surface area (Å²) in [7, 11) is 0. The van der Waals surface area contributed by atoms with E-state index < -0.39 is 0 Å². The van der Waals surface area contributed by atoms with E-state index >= 15 is 0 Å². The summed E-state index contributed by atoms with van der Waals surface area (Å²) >= 11 is 0. The van der Waals surface area contributed by atoms with Crippen LogP contribution in [-0.2, 0) is 6.42 Å². The van der Waals surface area contributed by atoms with Crippen LogP contribution < -0.4 is 5.73 Å². The molecule has 0 atom stereocenters. The second-order valence-electron chi connectivity index (χ2n) is 3.66. The Labute approximate surface area is 78.1 Å². The summed E-state index contributed by atoms with van der Waals surface area (Å²) < 4.78 is 1.91. The molecule has 1 aliphatic rings. The maximum absolute atomic E-state index is 5.93. The van der Waals surface area contributed by atoms with Gasteiger partial charge in [-0.15, -0.1) is 5.10 Å². The number of hydrogen-bond acceptors (Lipinski definition) is 3. The van der Waals surface area contributed by atoms with Crippen LogP contribution in [0.1, 0.15) is 44.3 Å². The fourth-order valence-electron chi connectivity index (χ4n) is 2.00. The number of hydrogen-bond donors (Lipinski definition) is 1. The van der Waals surface area contributed by atoms with Gasteiger partial charge in [0.2, 0.25) is 0 Å². The predicted molar refractivity (Wildman–Crippen MR) is 51.3 cm³/mol. The van der Waals surface area contributed by atoms with Crippen molar-refractivity contribution in [1.82, 2.24) is 15.0 Å². The molecule has 0 spiro atoms. The molecule has 1 saturated carbocycles. The Morgan fingerprint density at radius 1 is 1.46 bits per heavy atom. The first-order valence-corrected chi connectivity index (χ1v) is 5.02. The molecular weight excluding hydrogens is 164 g/mol. The molecule has 0 unspecified atom stereocenters. The number of nitrogen functional groups attached to an aromatic ring is 1. The molecule has 1 fully saturated rings. The highest BCUT2D eigenvalue weighted by molar-refractivity contribution is 5.34. The van der Waals surface area contributed by atoms with Crippen molar-refractivity contribution in [2.45, 2.75) is 45.1 Å². The minimum atomic E-state index is 0.507. The molecule has 0 amide bonds. The number of anilines is 1. The molecule has 4 heteroatoms. The Morgan fingerprint density at radius 2 is 2.15 bits per heavy atom. The maximum Gasteiger partial charge on any atom is 0.145 e. The molecule has 0 aromatic carbocycles. The van der Waals surface area contributed by atoms with E-state index in [1.807, 2.05) is 4.68 Å². The second-order valence-corrected chi connectivity index (χ2v) is 3.66. The van der Waals surface area contributed by atoms with E-state index in [1.54, 1.807) is 0 Å². The lowest BCUT2D eigenvalue weighted by molar-refractivity contribution is 0.460. The normalized spacial score (nSPS) is 18.2. The first-order valence-electron chi connectivity index (χ1n) is 5.02. The van der Waals surface area contributed by atoms with Crippen molar-refractivity contribution >= 4 is 5.82 Å². The third kappa shape index (κ3) is 1.41. The molecule has 0 radical (unpaired) electrons. The molecule has 2 N–H and O–H groups in total. The fraction of sp³-hybridized carbons (Fsp3) is 0.778. The van der Waals surface area contributed by atoms with E-state index in [9.17, 15) is 0 Å². The molecule has 0 saturated heterocycles. The van der Waals surface area contributed by atoms with Crippen molar-refractivity contribution in [3.05, 3.63) is 5.69 Å². The standard InChI is InChI=1S/C9H16N4/c1-2-8-9(10)13(12-11-8)7-5-3-4-6-7/h7H,2-6,10H2,1H3. The highest BCUT2D eigenvalue weighted by Gasteiger charge is 2.21. The van der Waals surface area contributed by atoms with Crippen LogP contribution in [0.4, 0.5) is 5.82 Å². The van der Waals surface area contributed by atoms with E-state index in [2.05, 4.69) is 17.2 Å². The Hall–Kier alpha value is -1.06. The lowest BCUT2D eigenvalue weighted by Crippen LogP contribution is -2.10. The van der Waals surface area contributed by atoms with Crippen molar-refractivity contribution in [1.29, 1.82) is 0 Å². The van der Waals surface area contributed by atoms with Crippen molar-refractivity contribution in [3.8, 4) is 0 Å². The van der Waals surface area contributed by atoms with Crippen LogP contribution in [0, 0.1) is 0 Å². The average molecular weight is 180 g/mol. The summed E-state index contributed by atoms with van der Waals surface area (Å²) in [6.07, 6.45) is 5.88. The molecule has 0 bridgehead atoms. The van der Waals surface area contributed by atoms with Crippen molar-refractivity contribution in [2.75, 3.05) is 5.73 Å². The molecule has 4 nitrogen and oxygen atoms in total. The van der Waals surface area contributed by atoms with Gasteiger partial charge < -0.3 is 5.73 Å². The third-order valence-electron chi connectivity index (χ3n) is 2.81.